The average Bonchev–Trinajstić information content (AvgIpc) is 2.83. The molecule has 3 aromatic carbocycles. The number of hydrogen-bond acceptors (Lipinski definition) is 3. The largest absolute Gasteiger partial charge is 0.495 e. The third-order valence-corrected chi connectivity index (χ3v) is 5.65. The molecule has 0 bridgehead atoms. The monoisotopic (exact) mass is 433 g/mol. The van der Waals surface area contributed by atoms with Crippen molar-refractivity contribution in [3.05, 3.63) is 95.0 Å². The highest BCUT2D eigenvalue weighted by molar-refractivity contribution is 6.32. The van der Waals surface area contributed by atoms with Crippen molar-refractivity contribution in [2.45, 2.75) is 0 Å². The Balaban J connectivity index is 1.72. The molecule has 1 amide bonds. The summed E-state index contributed by atoms with van der Waals surface area (Å²) in [7, 11) is 1.59. The Bertz CT molecular complexity index is 1070. The molecule has 0 radical (unpaired) electrons. The second-order valence-corrected chi connectivity index (χ2v) is 7.70. The van der Waals surface area contributed by atoms with Crippen LogP contribution in [0.1, 0.15) is 11.1 Å². The highest BCUT2D eigenvalue weighted by Crippen LogP contribution is 2.32. The first-order valence-corrected chi connectivity index (χ1v) is 10.6. The number of ether oxygens (including phenoxy) is 2. The number of hydrogen-bond donors (Lipinski definition) is 0. The van der Waals surface area contributed by atoms with Gasteiger partial charge in [0, 0.05) is 19.2 Å². The van der Waals surface area contributed by atoms with Crippen LogP contribution in [0.25, 0.3) is 16.7 Å². The van der Waals surface area contributed by atoms with Crippen LogP contribution in [0.5, 0.6) is 5.75 Å². The van der Waals surface area contributed by atoms with Gasteiger partial charge in [-0.05, 0) is 40.0 Å². The summed E-state index contributed by atoms with van der Waals surface area (Å²) in [5.74, 6) is 0.570. The van der Waals surface area contributed by atoms with Crippen molar-refractivity contribution >= 4 is 23.1 Å². The van der Waals surface area contributed by atoms with Crippen molar-refractivity contribution in [2.75, 3.05) is 33.4 Å². The molecule has 0 N–H and O–H groups in total. The van der Waals surface area contributed by atoms with Gasteiger partial charge in [0.05, 0.1) is 25.3 Å². The van der Waals surface area contributed by atoms with Crippen LogP contribution < -0.4 is 4.74 Å². The molecule has 31 heavy (non-hydrogen) atoms. The fraction of sp³-hybridized carbons (Fsp3) is 0.192. The number of nitrogens with zero attached hydrogens (tertiary/aromatic N) is 1. The van der Waals surface area contributed by atoms with Gasteiger partial charge in [-0.15, -0.1) is 0 Å². The summed E-state index contributed by atoms with van der Waals surface area (Å²) in [4.78, 5) is 14.8. The van der Waals surface area contributed by atoms with Gasteiger partial charge in [-0.1, -0.05) is 72.3 Å². The van der Waals surface area contributed by atoms with E-state index in [2.05, 4.69) is 24.3 Å². The Hall–Kier alpha value is -3.08. The van der Waals surface area contributed by atoms with E-state index in [0.29, 0.717) is 37.1 Å². The van der Waals surface area contributed by atoms with Crippen LogP contribution in [0, 0.1) is 0 Å². The van der Waals surface area contributed by atoms with Crippen LogP contribution >= 0.6 is 11.6 Å². The van der Waals surface area contributed by atoms with Gasteiger partial charge in [-0.2, -0.15) is 0 Å². The fourth-order valence-electron chi connectivity index (χ4n) is 3.64. The smallest absolute Gasteiger partial charge is 0.247 e. The Labute approximate surface area is 187 Å². The second-order valence-electron chi connectivity index (χ2n) is 7.29. The Morgan fingerprint density at radius 1 is 0.935 bits per heavy atom. The van der Waals surface area contributed by atoms with Crippen molar-refractivity contribution in [1.82, 2.24) is 4.90 Å². The fourth-order valence-corrected chi connectivity index (χ4v) is 3.90. The summed E-state index contributed by atoms with van der Waals surface area (Å²) in [6.07, 6.45) is 1.70. The molecule has 1 aliphatic rings. The van der Waals surface area contributed by atoms with Crippen molar-refractivity contribution in [3.63, 3.8) is 0 Å². The quantitative estimate of drug-likeness (QED) is 0.512. The van der Waals surface area contributed by atoms with Gasteiger partial charge in [0.15, 0.2) is 0 Å². The van der Waals surface area contributed by atoms with Crippen molar-refractivity contribution in [3.8, 4) is 16.9 Å². The maximum Gasteiger partial charge on any atom is 0.247 e. The lowest BCUT2D eigenvalue weighted by Crippen LogP contribution is -2.39. The van der Waals surface area contributed by atoms with E-state index in [0.717, 1.165) is 27.8 Å². The predicted octanol–water partition coefficient (Wildman–Crippen LogP) is 5.31. The number of morpholine rings is 1. The van der Waals surface area contributed by atoms with E-state index in [4.69, 9.17) is 21.1 Å². The lowest BCUT2D eigenvalue weighted by atomic mass is 9.95. The van der Waals surface area contributed by atoms with Gasteiger partial charge < -0.3 is 14.4 Å². The van der Waals surface area contributed by atoms with Gasteiger partial charge >= 0.3 is 0 Å². The van der Waals surface area contributed by atoms with Gasteiger partial charge in [0.1, 0.15) is 5.75 Å². The number of methoxy groups -OCH3 is 1. The number of benzene rings is 3. The highest BCUT2D eigenvalue weighted by Gasteiger charge is 2.17. The standard InChI is InChI=1S/C26H24ClNO3/c1-30-25-12-11-22(17-24(25)27)23(18-26(29)28-13-15-31-16-14-28)21-9-7-20(8-10-21)19-5-3-2-4-6-19/h2-12,17-18H,13-16H2,1H3. The molecule has 1 fully saturated rings. The molecule has 0 atom stereocenters. The van der Waals surface area contributed by atoms with Crippen molar-refractivity contribution in [2.24, 2.45) is 0 Å². The minimum absolute atomic E-state index is 0.0302. The Morgan fingerprint density at radius 2 is 1.58 bits per heavy atom. The Morgan fingerprint density at radius 3 is 2.23 bits per heavy atom. The van der Waals surface area contributed by atoms with Gasteiger partial charge in [0.2, 0.25) is 5.91 Å². The second kappa shape index (κ2) is 9.82. The van der Waals surface area contributed by atoms with E-state index >= 15 is 0 Å². The van der Waals surface area contributed by atoms with Crippen LogP contribution in [0.4, 0.5) is 0 Å². The van der Waals surface area contributed by atoms with Crippen molar-refractivity contribution in [1.29, 1.82) is 0 Å². The zero-order valence-electron chi connectivity index (χ0n) is 17.4. The molecule has 0 saturated carbocycles. The third-order valence-electron chi connectivity index (χ3n) is 5.36. The number of carbonyl (C=O) groups is 1. The molecule has 3 aromatic rings. The highest BCUT2D eigenvalue weighted by atomic mass is 35.5. The molecular weight excluding hydrogens is 410 g/mol. The third kappa shape index (κ3) is 4.98. The molecule has 0 spiro atoms. The van der Waals surface area contributed by atoms with Crippen LogP contribution in [-0.4, -0.2) is 44.2 Å². The molecule has 1 heterocycles. The normalized spacial score (nSPS) is 14.4. The lowest BCUT2D eigenvalue weighted by Gasteiger charge is -2.26. The van der Waals surface area contributed by atoms with E-state index in [1.54, 1.807) is 13.2 Å². The van der Waals surface area contributed by atoms with Crippen LogP contribution in [0.2, 0.25) is 5.02 Å². The molecule has 5 heteroatoms. The first-order chi connectivity index (χ1) is 15.2. The summed E-state index contributed by atoms with van der Waals surface area (Å²) < 4.78 is 10.7. The van der Waals surface area contributed by atoms with E-state index in [-0.39, 0.29) is 5.91 Å². The predicted molar refractivity (Wildman–Crippen MR) is 124 cm³/mol. The number of amides is 1. The summed E-state index contributed by atoms with van der Waals surface area (Å²) in [5.41, 5.74) is 4.90. The number of carbonyl (C=O) groups excluding carboxylic acids is 1. The lowest BCUT2D eigenvalue weighted by molar-refractivity contribution is -0.129. The Kier molecular flexibility index (Phi) is 6.70. The van der Waals surface area contributed by atoms with Gasteiger partial charge in [-0.3, -0.25) is 4.79 Å². The van der Waals surface area contributed by atoms with E-state index in [9.17, 15) is 4.79 Å². The molecule has 158 valence electrons. The van der Waals surface area contributed by atoms with Gasteiger partial charge in [0.25, 0.3) is 0 Å². The molecule has 4 nitrogen and oxygen atoms in total. The molecular formula is C26H24ClNO3. The first kappa shape index (κ1) is 21.2. The van der Waals surface area contributed by atoms with E-state index in [1.807, 2.05) is 53.4 Å². The van der Waals surface area contributed by atoms with E-state index < -0.39 is 0 Å². The molecule has 4 rings (SSSR count). The zero-order chi connectivity index (χ0) is 21.6. The summed E-state index contributed by atoms with van der Waals surface area (Å²) in [6.45, 7) is 2.32. The van der Waals surface area contributed by atoms with Crippen LogP contribution in [-0.2, 0) is 9.53 Å². The molecule has 0 unspecified atom stereocenters. The molecule has 1 saturated heterocycles. The minimum atomic E-state index is -0.0302. The van der Waals surface area contributed by atoms with Crippen molar-refractivity contribution < 1.29 is 14.3 Å². The molecule has 1 aliphatic heterocycles. The summed E-state index contributed by atoms with van der Waals surface area (Å²) in [5, 5.41) is 0.505. The molecule has 0 aliphatic carbocycles. The minimum Gasteiger partial charge on any atom is -0.495 e. The summed E-state index contributed by atoms with van der Waals surface area (Å²) >= 11 is 6.39. The topological polar surface area (TPSA) is 38.8 Å². The SMILES string of the molecule is COc1ccc(C(=CC(=O)N2CCOCC2)c2ccc(-c3ccccc3)cc2)cc1Cl. The van der Waals surface area contributed by atoms with Crippen LogP contribution in [0.15, 0.2) is 78.9 Å². The maximum absolute atomic E-state index is 13.0. The van der Waals surface area contributed by atoms with Gasteiger partial charge in [-0.25, -0.2) is 0 Å². The zero-order valence-corrected chi connectivity index (χ0v) is 18.1. The maximum atomic E-state index is 13.0. The molecule has 0 aromatic heterocycles. The van der Waals surface area contributed by atoms with E-state index in [1.165, 1.54) is 0 Å². The van der Waals surface area contributed by atoms with Crippen LogP contribution in [0.3, 0.4) is 0 Å². The first-order valence-electron chi connectivity index (χ1n) is 10.2. The summed E-state index contributed by atoms with van der Waals surface area (Å²) in [6, 6.07) is 24.0. The number of halogens is 1. The number of rotatable bonds is 5. The average molecular weight is 434 g/mol.